The van der Waals surface area contributed by atoms with Crippen LogP contribution >= 0.6 is 23.5 Å². The number of nitrogens with one attached hydrogen (secondary N) is 2. The zero-order valence-electron chi connectivity index (χ0n) is 14.5. The summed E-state index contributed by atoms with van der Waals surface area (Å²) in [4.78, 5) is 32.8. The molecule has 2 aromatic rings. The van der Waals surface area contributed by atoms with E-state index in [1.54, 1.807) is 30.5 Å². The number of nitrogens with zero attached hydrogens (tertiary/aromatic N) is 2. The number of rotatable bonds is 5. The van der Waals surface area contributed by atoms with E-state index in [-0.39, 0.29) is 22.7 Å². The molecular formula is C18H20N4O3S2. The van der Waals surface area contributed by atoms with E-state index in [0.717, 1.165) is 17.9 Å². The third-order valence-corrected chi connectivity index (χ3v) is 6.31. The average Bonchev–Trinajstić information content (AvgIpc) is 3.22. The van der Waals surface area contributed by atoms with Crippen molar-refractivity contribution in [3.63, 3.8) is 0 Å². The number of H-pyrrole nitrogens is 1. The second-order valence-electron chi connectivity index (χ2n) is 5.79. The van der Waals surface area contributed by atoms with Crippen LogP contribution in [0.5, 0.6) is 0 Å². The van der Waals surface area contributed by atoms with Gasteiger partial charge in [-0.1, -0.05) is 18.2 Å². The highest BCUT2D eigenvalue weighted by molar-refractivity contribution is 8.00. The molecule has 0 bridgehead atoms. The number of benzene rings is 1. The monoisotopic (exact) mass is 404 g/mol. The van der Waals surface area contributed by atoms with Gasteiger partial charge in [0.2, 0.25) is 5.91 Å². The predicted octanol–water partition coefficient (Wildman–Crippen LogP) is 2.38. The van der Waals surface area contributed by atoms with Crippen LogP contribution in [0.4, 0.5) is 0 Å². The van der Waals surface area contributed by atoms with Crippen molar-refractivity contribution in [1.29, 1.82) is 0 Å². The molecule has 0 spiro atoms. The van der Waals surface area contributed by atoms with Crippen LogP contribution in [0.3, 0.4) is 0 Å². The van der Waals surface area contributed by atoms with Crippen molar-refractivity contribution in [3.8, 4) is 0 Å². The first-order valence-corrected chi connectivity index (χ1v) is 10.4. The SMILES string of the molecule is O=C(CSc1ccccc1)NC1=C(C(=O)O)N2CCC2SC1.c1c[nH]cn1. The van der Waals surface area contributed by atoms with Crippen LogP contribution in [0.1, 0.15) is 6.42 Å². The van der Waals surface area contributed by atoms with Crippen LogP contribution in [-0.4, -0.2) is 55.3 Å². The molecule has 1 amide bonds. The molecule has 1 fully saturated rings. The van der Waals surface area contributed by atoms with Crippen LogP contribution in [0.15, 0.2) is 65.3 Å². The lowest BCUT2D eigenvalue weighted by Crippen LogP contribution is -2.51. The van der Waals surface area contributed by atoms with Crippen LogP contribution in [0.25, 0.3) is 0 Å². The summed E-state index contributed by atoms with van der Waals surface area (Å²) in [5.74, 6) is -0.308. The van der Waals surface area contributed by atoms with Gasteiger partial charge in [-0.25, -0.2) is 9.78 Å². The summed E-state index contributed by atoms with van der Waals surface area (Å²) in [6, 6.07) is 9.67. The Morgan fingerprint density at radius 2 is 2.19 bits per heavy atom. The number of carbonyl (C=O) groups excluding carboxylic acids is 1. The van der Waals surface area contributed by atoms with Gasteiger partial charge in [0, 0.05) is 29.6 Å². The summed E-state index contributed by atoms with van der Waals surface area (Å²) in [6.45, 7) is 0.747. The average molecular weight is 405 g/mol. The lowest BCUT2D eigenvalue weighted by atomic mass is 10.1. The third kappa shape index (κ3) is 5.30. The first-order valence-electron chi connectivity index (χ1n) is 8.40. The number of carboxylic acids is 1. The van der Waals surface area contributed by atoms with Gasteiger partial charge < -0.3 is 20.3 Å². The van der Waals surface area contributed by atoms with Crippen molar-refractivity contribution >= 4 is 35.4 Å². The van der Waals surface area contributed by atoms with Gasteiger partial charge in [0.05, 0.1) is 23.2 Å². The summed E-state index contributed by atoms with van der Waals surface area (Å²) in [6.07, 6.45) is 6.09. The van der Waals surface area contributed by atoms with E-state index in [2.05, 4.69) is 15.3 Å². The highest BCUT2D eigenvalue weighted by atomic mass is 32.2. The maximum Gasteiger partial charge on any atom is 0.354 e. The molecule has 0 saturated carbocycles. The fourth-order valence-corrected chi connectivity index (χ4v) is 4.60. The Bertz CT molecular complexity index is 779. The molecule has 0 aliphatic carbocycles. The van der Waals surface area contributed by atoms with E-state index < -0.39 is 5.97 Å². The Morgan fingerprint density at radius 3 is 2.74 bits per heavy atom. The molecule has 1 saturated heterocycles. The van der Waals surface area contributed by atoms with Crippen molar-refractivity contribution in [2.45, 2.75) is 16.7 Å². The number of carboxylic acid groups (broad SMARTS) is 1. The molecule has 1 unspecified atom stereocenters. The Kier molecular flexibility index (Phi) is 6.83. The maximum absolute atomic E-state index is 12.1. The summed E-state index contributed by atoms with van der Waals surface area (Å²) in [7, 11) is 0. The standard InChI is InChI=1S/C15H16N2O3S2.C3H4N2/c18-12(9-21-10-4-2-1-3-5-10)16-11-8-22-13-6-7-17(13)14(11)15(19)20;1-2-5-3-4-1/h1-5,13H,6-9H2,(H,16,18)(H,19,20);1-3H,(H,4,5). The molecule has 1 aromatic carbocycles. The van der Waals surface area contributed by atoms with E-state index in [4.69, 9.17) is 0 Å². The second-order valence-corrected chi connectivity index (χ2v) is 8.01. The van der Waals surface area contributed by atoms with E-state index >= 15 is 0 Å². The molecule has 2 aliphatic heterocycles. The molecule has 7 nitrogen and oxygen atoms in total. The Hall–Kier alpha value is -2.39. The number of amides is 1. The number of imidazole rings is 1. The van der Waals surface area contributed by atoms with Crippen LogP contribution in [-0.2, 0) is 9.59 Å². The number of aromatic nitrogens is 2. The molecular weight excluding hydrogens is 384 g/mol. The zero-order valence-corrected chi connectivity index (χ0v) is 16.1. The predicted molar refractivity (Wildman–Crippen MR) is 106 cm³/mol. The van der Waals surface area contributed by atoms with E-state index in [9.17, 15) is 14.7 Å². The molecule has 2 aliphatic rings. The second kappa shape index (κ2) is 9.52. The number of carbonyl (C=O) groups is 2. The molecule has 9 heteroatoms. The zero-order chi connectivity index (χ0) is 19.1. The molecule has 1 atom stereocenters. The molecule has 142 valence electrons. The van der Waals surface area contributed by atoms with Crippen LogP contribution < -0.4 is 5.32 Å². The van der Waals surface area contributed by atoms with E-state index in [1.807, 2.05) is 35.2 Å². The van der Waals surface area contributed by atoms with Crippen molar-refractivity contribution in [3.05, 3.63) is 60.4 Å². The lowest BCUT2D eigenvalue weighted by molar-refractivity contribution is -0.135. The summed E-state index contributed by atoms with van der Waals surface area (Å²) in [5, 5.41) is 12.4. The maximum atomic E-state index is 12.1. The summed E-state index contributed by atoms with van der Waals surface area (Å²) in [5.41, 5.74) is 0.778. The summed E-state index contributed by atoms with van der Waals surface area (Å²) < 4.78 is 0. The van der Waals surface area contributed by atoms with E-state index in [1.165, 1.54) is 11.8 Å². The van der Waals surface area contributed by atoms with Crippen molar-refractivity contribution in [1.82, 2.24) is 20.2 Å². The quantitative estimate of drug-likeness (QED) is 0.658. The molecule has 0 radical (unpaired) electrons. The number of hydrogen-bond donors (Lipinski definition) is 3. The van der Waals surface area contributed by atoms with Gasteiger partial charge in [-0.05, 0) is 18.6 Å². The molecule has 27 heavy (non-hydrogen) atoms. The first-order chi connectivity index (χ1) is 13.1. The van der Waals surface area contributed by atoms with Crippen molar-refractivity contribution in [2.75, 3.05) is 18.1 Å². The highest BCUT2D eigenvalue weighted by Gasteiger charge is 2.39. The van der Waals surface area contributed by atoms with Gasteiger partial charge in [0.1, 0.15) is 5.70 Å². The Labute approximate surface area is 165 Å². The molecule has 3 heterocycles. The third-order valence-electron chi connectivity index (χ3n) is 3.97. The largest absolute Gasteiger partial charge is 0.477 e. The number of aliphatic carboxylic acids is 1. The van der Waals surface area contributed by atoms with Gasteiger partial charge in [0.15, 0.2) is 0 Å². The Morgan fingerprint density at radius 1 is 1.37 bits per heavy atom. The highest BCUT2D eigenvalue weighted by Crippen LogP contribution is 2.38. The van der Waals surface area contributed by atoms with Gasteiger partial charge >= 0.3 is 5.97 Å². The van der Waals surface area contributed by atoms with Crippen LogP contribution in [0.2, 0.25) is 0 Å². The van der Waals surface area contributed by atoms with Gasteiger partial charge in [0.25, 0.3) is 0 Å². The van der Waals surface area contributed by atoms with E-state index in [0.29, 0.717) is 11.4 Å². The first kappa shape index (κ1) is 19.4. The van der Waals surface area contributed by atoms with Gasteiger partial charge in [-0.15, -0.1) is 23.5 Å². The fraction of sp³-hybridized carbons (Fsp3) is 0.278. The Balaban J connectivity index is 0.000000364. The normalized spacial score (nSPS) is 17.9. The number of hydrogen-bond acceptors (Lipinski definition) is 6. The van der Waals surface area contributed by atoms with Crippen molar-refractivity contribution in [2.24, 2.45) is 0 Å². The number of fused-ring (bicyclic) bond motifs is 1. The minimum absolute atomic E-state index is 0.165. The van der Waals surface area contributed by atoms with Crippen LogP contribution in [0, 0.1) is 0 Å². The molecule has 1 aromatic heterocycles. The molecule has 3 N–H and O–H groups in total. The summed E-state index contributed by atoms with van der Waals surface area (Å²) >= 11 is 3.12. The minimum atomic E-state index is -0.962. The fourth-order valence-electron chi connectivity index (χ4n) is 2.65. The van der Waals surface area contributed by atoms with Crippen molar-refractivity contribution < 1.29 is 14.7 Å². The topological polar surface area (TPSA) is 98.3 Å². The smallest absolute Gasteiger partial charge is 0.354 e. The number of thioether (sulfide) groups is 2. The van der Waals surface area contributed by atoms with Gasteiger partial charge in [-0.3, -0.25) is 4.79 Å². The number of aromatic amines is 1. The molecule has 4 rings (SSSR count). The lowest BCUT2D eigenvalue weighted by Gasteiger charge is -2.46. The minimum Gasteiger partial charge on any atom is -0.477 e. The van der Waals surface area contributed by atoms with Gasteiger partial charge in [-0.2, -0.15) is 0 Å².